The summed E-state index contributed by atoms with van der Waals surface area (Å²) >= 11 is 5.99. The molecular weight excluding hydrogens is 225 g/mol. The highest BCUT2D eigenvalue weighted by Gasteiger charge is 2.40. The molecule has 0 atom stereocenters. The lowest BCUT2D eigenvalue weighted by molar-refractivity contribution is 0.0994. The highest BCUT2D eigenvalue weighted by molar-refractivity contribution is 6.31. The van der Waals surface area contributed by atoms with Crippen molar-refractivity contribution in [1.82, 2.24) is 5.32 Å². The highest BCUT2D eigenvalue weighted by Crippen LogP contribution is 2.37. The van der Waals surface area contributed by atoms with Crippen LogP contribution in [0.5, 0.6) is 0 Å². The van der Waals surface area contributed by atoms with Crippen LogP contribution in [0.3, 0.4) is 0 Å². The third-order valence-electron chi connectivity index (χ3n) is 3.75. The molecule has 1 nitrogen and oxygen atoms in total. The molecule has 88 valence electrons. The van der Waals surface area contributed by atoms with E-state index in [-0.39, 0.29) is 16.3 Å². The van der Waals surface area contributed by atoms with Crippen molar-refractivity contribution < 1.29 is 4.39 Å². The summed E-state index contributed by atoms with van der Waals surface area (Å²) in [6.07, 6.45) is 0.855. The van der Waals surface area contributed by atoms with Crippen molar-refractivity contribution in [2.45, 2.75) is 20.3 Å². The number of hydrogen-bond donors (Lipinski definition) is 1. The van der Waals surface area contributed by atoms with E-state index in [2.05, 4.69) is 19.2 Å². The molecule has 0 saturated carbocycles. The predicted molar refractivity (Wildman–Crippen MR) is 65.3 cm³/mol. The molecule has 0 aliphatic carbocycles. The van der Waals surface area contributed by atoms with Gasteiger partial charge in [-0.05, 0) is 24.0 Å². The molecule has 1 aromatic carbocycles. The van der Waals surface area contributed by atoms with Crippen LogP contribution in [-0.2, 0) is 6.42 Å². The molecule has 0 bridgehead atoms. The van der Waals surface area contributed by atoms with E-state index in [1.807, 2.05) is 6.07 Å². The van der Waals surface area contributed by atoms with Gasteiger partial charge in [0, 0.05) is 18.5 Å². The lowest BCUT2D eigenvalue weighted by atomic mass is 9.68. The normalized spacial score (nSPS) is 18.6. The van der Waals surface area contributed by atoms with E-state index in [0.29, 0.717) is 5.92 Å². The van der Waals surface area contributed by atoms with Gasteiger partial charge in [-0.25, -0.2) is 4.39 Å². The summed E-state index contributed by atoms with van der Waals surface area (Å²) < 4.78 is 13.3. The summed E-state index contributed by atoms with van der Waals surface area (Å²) in [4.78, 5) is 0. The third kappa shape index (κ3) is 1.96. The van der Waals surface area contributed by atoms with Crippen LogP contribution in [0, 0.1) is 17.2 Å². The molecule has 1 aliphatic heterocycles. The topological polar surface area (TPSA) is 12.0 Å². The van der Waals surface area contributed by atoms with E-state index in [1.165, 1.54) is 6.07 Å². The molecular formula is C13H17ClFN. The van der Waals surface area contributed by atoms with Gasteiger partial charge in [0.2, 0.25) is 0 Å². The van der Waals surface area contributed by atoms with Gasteiger partial charge in [0.05, 0.1) is 5.02 Å². The van der Waals surface area contributed by atoms with Crippen LogP contribution in [-0.4, -0.2) is 13.1 Å². The van der Waals surface area contributed by atoms with E-state index in [1.54, 1.807) is 6.07 Å². The maximum Gasteiger partial charge on any atom is 0.142 e. The molecule has 1 aliphatic rings. The lowest BCUT2D eigenvalue weighted by Crippen LogP contribution is -2.57. The lowest BCUT2D eigenvalue weighted by Gasteiger charge is -2.46. The minimum absolute atomic E-state index is 0.247. The van der Waals surface area contributed by atoms with Crippen molar-refractivity contribution >= 4 is 11.6 Å². The van der Waals surface area contributed by atoms with Crippen molar-refractivity contribution in [3.05, 3.63) is 34.6 Å². The van der Waals surface area contributed by atoms with Crippen LogP contribution in [0.25, 0.3) is 0 Å². The minimum atomic E-state index is -0.314. The number of rotatable bonds is 3. The first-order chi connectivity index (χ1) is 7.55. The Bertz CT molecular complexity index is 386. The Balaban J connectivity index is 2.23. The maximum atomic E-state index is 13.3. The quantitative estimate of drug-likeness (QED) is 0.857. The molecule has 1 heterocycles. The third-order valence-corrected chi connectivity index (χ3v) is 4.18. The average molecular weight is 242 g/mol. The van der Waals surface area contributed by atoms with Gasteiger partial charge in [0.15, 0.2) is 0 Å². The Hall–Kier alpha value is -0.600. The second-order valence-electron chi connectivity index (χ2n) is 5.01. The molecule has 0 amide bonds. The van der Waals surface area contributed by atoms with E-state index in [4.69, 9.17) is 11.6 Å². The van der Waals surface area contributed by atoms with Crippen molar-refractivity contribution in [2.75, 3.05) is 13.1 Å². The Kier molecular flexibility index (Phi) is 3.22. The zero-order valence-electron chi connectivity index (χ0n) is 9.69. The summed E-state index contributed by atoms with van der Waals surface area (Å²) in [6, 6.07) is 5.07. The number of benzene rings is 1. The molecule has 1 N–H and O–H groups in total. The van der Waals surface area contributed by atoms with Crippen LogP contribution in [0.4, 0.5) is 4.39 Å². The van der Waals surface area contributed by atoms with Crippen molar-refractivity contribution in [3.8, 4) is 0 Å². The van der Waals surface area contributed by atoms with Gasteiger partial charge in [-0.1, -0.05) is 37.6 Å². The van der Waals surface area contributed by atoms with Crippen molar-refractivity contribution in [3.63, 3.8) is 0 Å². The molecule has 2 rings (SSSR count). The van der Waals surface area contributed by atoms with Crippen LogP contribution in [0.15, 0.2) is 18.2 Å². The predicted octanol–water partition coefficient (Wildman–Crippen LogP) is 3.27. The van der Waals surface area contributed by atoms with Gasteiger partial charge in [0.1, 0.15) is 5.82 Å². The SMILES string of the molecule is CC(C)C1(Cc2cccc(F)c2Cl)CNC1. The van der Waals surface area contributed by atoms with Gasteiger partial charge in [0.25, 0.3) is 0 Å². The zero-order chi connectivity index (χ0) is 11.8. The van der Waals surface area contributed by atoms with E-state index < -0.39 is 0 Å². The summed E-state index contributed by atoms with van der Waals surface area (Å²) in [5, 5.41) is 3.59. The molecule has 3 heteroatoms. The smallest absolute Gasteiger partial charge is 0.142 e. The average Bonchev–Trinajstić information content (AvgIpc) is 2.17. The first-order valence-electron chi connectivity index (χ1n) is 5.69. The fourth-order valence-electron chi connectivity index (χ4n) is 2.25. The molecule has 16 heavy (non-hydrogen) atoms. The Morgan fingerprint density at radius 1 is 1.44 bits per heavy atom. The first-order valence-corrected chi connectivity index (χ1v) is 6.06. The van der Waals surface area contributed by atoms with E-state index in [0.717, 1.165) is 25.1 Å². The molecule has 1 aromatic rings. The number of hydrogen-bond acceptors (Lipinski definition) is 1. The highest BCUT2D eigenvalue weighted by atomic mass is 35.5. The van der Waals surface area contributed by atoms with Crippen molar-refractivity contribution in [1.29, 1.82) is 0 Å². The summed E-state index contributed by atoms with van der Waals surface area (Å²) in [6.45, 7) is 6.43. The fraction of sp³-hybridized carbons (Fsp3) is 0.538. The zero-order valence-corrected chi connectivity index (χ0v) is 10.4. The second-order valence-corrected chi connectivity index (χ2v) is 5.39. The Labute approximate surface area is 101 Å². The first kappa shape index (κ1) is 11.9. The molecule has 0 radical (unpaired) electrons. The summed E-state index contributed by atoms with van der Waals surface area (Å²) in [5.74, 6) is 0.262. The molecule has 0 aromatic heterocycles. The van der Waals surface area contributed by atoms with Gasteiger partial charge in [-0.3, -0.25) is 0 Å². The van der Waals surface area contributed by atoms with Gasteiger partial charge in [-0.15, -0.1) is 0 Å². The van der Waals surface area contributed by atoms with E-state index >= 15 is 0 Å². The largest absolute Gasteiger partial charge is 0.315 e. The Morgan fingerprint density at radius 2 is 2.12 bits per heavy atom. The van der Waals surface area contributed by atoms with Gasteiger partial charge < -0.3 is 5.32 Å². The minimum Gasteiger partial charge on any atom is -0.315 e. The number of halogens is 2. The summed E-state index contributed by atoms with van der Waals surface area (Å²) in [5.41, 5.74) is 1.18. The maximum absolute atomic E-state index is 13.3. The van der Waals surface area contributed by atoms with Crippen LogP contribution < -0.4 is 5.32 Å². The van der Waals surface area contributed by atoms with Gasteiger partial charge >= 0.3 is 0 Å². The van der Waals surface area contributed by atoms with Crippen LogP contribution in [0.2, 0.25) is 5.02 Å². The van der Waals surface area contributed by atoms with Crippen LogP contribution in [0.1, 0.15) is 19.4 Å². The molecule has 0 spiro atoms. The standard InChI is InChI=1S/C13H17ClFN/c1-9(2)13(7-16-8-13)6-10-4-3-5-11(15)12(10)14/h3-5,9,16H,6-8H2,1-2H3. The van der Waals surface area contributed by atoms with E-state index in [9.17, 15) is 4.39 Å². The van der Waals surface area contributed by atoms with Crippen LogP contribution >= 0.6 is 11.6 Å². The molecule has 1 fully saturated rings. The monoisotopic (exact) mass is 241 g/mol. The second kappa shape index (κ2) is 4.34. The fourth-order valence-corrected chi connectivity index (χ4v) is 2.44. The van der Waals surface area contributed by atoms with Gasteiger partial charge in [-0.2, -0.15) is 0 Å². The Morgan fingerprint density at radius 3 is 2.62 bits per heavy atom. The number of nitrogens with one attached hydrogen (secondary N) is 1. The molecule has 1 saturated heterocycles. The van der Waals surface area contributed by atoms with Crippen molar-refractivity contribution in [2.24, 2.45) is 11.3 Å². The summed E-state index contributed by atoms with van der Waals surface area (Å²) in [7, 11) is 0. The molecule has 0 unspecified atom stereocenters.